The summed E-state index contributed by atoms with van der Waals surface area (Å²) < 4.78 is 12.6. The Balaban J connectivity index is 1.96. The van der Waals surface area contributed by atoms with E-state index >= 15 is 0 Å². The zero-order valence-electron chi connectivity index (χ0n) is 15.0. The molecule has 0 saturated carbocycles. The maximum absolute atomic E-state index is 12.9. The van der Waals surface area contributed by atoms with Crippen molar-refractivity contribution in [3.05, 3.63) is 65.7 Å². The Kier molecular flexibility index (Phi) is 4.97. The number of nitrogen functional groups attached to an aromatic ring is 1. The van der Waals surface area contributed by atoms with Gasteiger partial charge in [0.2, 0.25) is 0 Å². The number of nitrogens with two attached hydrogens (primary N) is 1. The summed E-state index contributed by atoms with van der Waals surface area (Å²) in [6, 6.07) is 10.6. The van der Waals surface area contributed by atoms with Gasteiger partial charge in [0, 0.05) is 11.6 Å². The van der Waals surface area contributed by atoms with Crippen molar-refractivity contribution in [2.75, 3.05) is 12.8 Å². The van der Waals surface area contributed by atoms with Gasteiger partial charge in [-0.25, -0.2) is 4.68 Å². The molecule has 3 rings (SSSR count). The monoisotopic (exact) mass is 354 g/mol. The summed E-state index contributed by atoms with van der Waals surface area (Å²) in [5.74, 6) is 1.25. The van der Waals surface area contributed by atoms with Gasteiger partial charge in [-0.3, -0.25) is 4.79 Å². The van der Waals surface area contributed by atoms with E-state index in [1.54, 1.807) is 30.2 Å². The van der Waals surface area contributed by atoms with E-state index in [9.17, 15) is 4.79 Å². The van der Waals surface area contributed by atoms with Crippen LogP contribution in [-0.2, 0) is 0 Å². The van der Waals surface area contributed by atoms with Crippen molar-refractivity contribution in [2.45, 2.75) is 25.9 Å². The average Bonchev–Trinajstić information content (AvgIpc) is 3.29. The van der Waals surface area contributed by atoms with Gasteiger partial charge in [0.1, 0.15) is 28.9 Å². The normalized spacial score (nSPS) is 12.2. The third kappa shape index (κ3) is 3.28. The van der Waals surface area contributed by atoms with Gasteiger partial charge in [0.05, 0.1) is 19.6 Å². The molecule has 0 spiro atoms. The second-order valence-corrected chi connectivity index (χ2v) is 6.15. The number of methoxy groups -OCH3 is 1. The maximum atomic E-state index is 12.9. The van der Waals surface area contributed by atoms with Crippen molar-refractivity contribution in [3.63, 3.8) is 0 Å². The lowest BCUT2D eigenvalue weighted by Crippen LogP contribution is -2.30. The van der Waals surface area contributed by atoms with E-state index in [1.807, 2.05) is 38.1 Å². The number of anilines is 1. The summed E-state index contributed by atoms with van der Waals surface area (Å²) in [5.41, 5.74) is 7.20. The number of amides is 1. The van der Waals surface area contributed by atoms with Crippen molar-refractivity contribution < 1.29 is 13.9 Å². The first-order chi connectivity index (χ1) is 12.5. The highest BCUT2D eigenvalue weighted by Crippen LogP contribution is 2.30. The third-order valence-corrected chi connectivity index (χ3v) is 4.12. The lowest BCUT2D eigenvalue weighted by Gasteiger charge is -2.19. The average molecular weight is 354 g/mol. The molecule has 3 aromatic rings. The zero-order valence-corrected chi connectivity index (χ0v) is 15.0. The first kappa shape index (κ1) is 17.6. The van der Waals surface area contributed by atoms with Crippen LogP contribution in [0.2, 0.25) is 0 Å². The predicted octanol–water partition coefficient (Wildman–Crippen LogP) is 3.17. The third-order valence-electron chi connectivity index (χ3n) is 4.12. The van der Waals surface area contributed by atoms with E-state index < -0.39 is 6.04 Å². The van der Waals surface area contributed by atoms with Gasteiger partial charge in [-0.2, -0.15) is 5.10 Å². The topological polar surface area (TPSA) is 95.3 Å². The number of carbonyl (C=O) groups excluding carboxylic acids is 1. The van der Waals surface area contributed by atoms with Crippen molar-refractivity contribution >= 4 is 11.7 Å². The molecule has 0 aliphatic carbocycles. The largest absolute Gasteiger partial charge is 0.496 e. The number of aromatic nitrogens is 2. The highest BCUT2D eigenvalue weighted by molar-refractivity contribution is 5.98. The van der Waals surface area contributed by atoms with Gasteiger partial charge in [-0.15, -0.1) is 0 Å². The number of furan rings is 1. The minimum Gasteiger partial charge on any atom is -0.496 e. The van der Waals surface area contributed by atoms with Crippen LogP contribution in [-0.4, -0.2) is 22.8 Å². The van der Waals surface area contributed by atoms with E-state index in [4.69, 9.17) is 14.9 Å². The molecule has 0 aliphatic heterocycles. The molecule has 7 heteroatoms. The fourth-order valence-electron chi connectivity index (χ4n) is 2.83. The summed E-state index contributed by atoms with van der Waals surface area (Å²) in [5, 5.41) is 7.17. The van der Waals surface area contributed by atoms with Gasteiger partial charge in [-0.05, 0) is 32.0 Å². The van der Waals surface area contributed by atoms with Crippen LogP contribution in [0.1, 0.15) is 47.6 Å². The molecule has 3 N–H and O–H groups in total. The van der Waals surface area contributed by atoms with E-state index in [0.717, 1.165) is 5.56 Å². The van der Waals surface area contributed by atoms with E-state index in [2.05, 4.69) is 10.4 Å². The minimum atomic E-state index is -0.518. The Bertz CT molecular complexity index is 884. The summed E-state index contributed by atoms with van der Waals surface area (Å²) in [6.07, 6.45) is 3.04. The molecule has 0 aliphatic rings. The van der Waals surface area contributed by atoms with Gasteiger partial charge in [0.15, 0.2) is 0 Å². The zero-order chi connectivity index (χ0) is 18.7. The van der Waals surface area contributed by atoms with Gasteiger partial charge in [0.25, 0.3) is 5.91 Å². The number of benzene rings is 1. The van der Waals surface area contributed by atoms with Crippen LogP contribution in [0, 0.1) is 0 Å². The summed E-state index contributed by atoms with van der Waals surface area (Å²) in [6.45, 7) is 3.90. The standard InChI is InChI=1S/C19H22N4O3/c1-12(2)23-18(20)14(11-21-23)19(24)22-17(16-9-6-10-26-16)13-7-4-5-8-15(13)25-3/h4-12,17H,20H2,1-3H3,(H,22,24). The molecule has 2 heterocycles. The molecule has 1 atom stereocenters. The van der Waals surface area contributed by atoms with Crippen LogP contribution in [0.15, 0.2) is 53.3 Å². The molecule has 1 unspecified atom stereocenters. The quantitative estimate of drug-likeness (QED) is 0.709. The molecule has 2 aromatic heterocycles. The highest BCUT2D eigenvalue weighted by Gasteiger charge is 2.25. The van der Waals surface area contributed by atoms with Crippen LogP contribution in [0.4, 0.5) is 5.82 Å². The smallest absolute Gasteiger partial charge is 0.257 e. The van der Waals surface area contributed by atoms with Gasteiger partial charge in [-0.1, -0.05) is 18.2 Å². The van der Waals surface area contributed by atoms with Crippen LogP contribution < -0.4 is 15.8 Å². The molecule has 7 nitrogen and oxygen atoms in total. The lowest BCUT2D eigenvalue weighted by atomic mass is 10.0. The number of ether oxygens (including phenoxy) is 1. The maximum Gasteiger partial charge on any atom is 0.257 e. The second-order valence-electron chi connectivity index (χ2n) is 6.15. The first-order valence-corrected chi connectivity index (χ1v) is 8.33. The Morgan fingerprint density at radius 1 is 1.27 bits per heavy atom. The number of nitrogens with zero attached hydrogens (tertiary/aromatic N) is 2. The van der Waals surface area contributed by atoms with Crippen molar-refractivity contribution in [1.29, 1.82) is 0 Å². The fraction of sp³-hybridized carbons (Fsp3) is 0.263. The summed E-state index contributed by atoms with van der Waals surface area (Å²) in [7, 11) is 1.59. The summed E-state index contributed by atoms with van der Waals surface area (Å²) >= 11 is 0. The highest BCUT2D eigenvalue weighted by atomic mass is 16.5. The number of hydrogen-bond acceptors (Lipinski definition) is 5. The molecular formula is C19H22N4O3. The van der Waals surface area contributed by atoms with Crippen LogP contribution in [0.3, 0.4) is 0 Å². The van der Waals surface area contributed by atoms with E-state index in [-0.39, 0.29) is 11.9 Å². The molecule has 26 heavy (non-hydrogen) atoms. The number of hydrogen-bond donors (Lipinski definition) is 2. The van der Waals surface area contributed by atoms with Gasteiger partial charge < -0.3 is 20.2 Å². The summed E-state index contributed by atoms with van der Waals surface area (Å²) in [4.78, 5) is 12.9. The van der Waals surface area contributed by atoms with Crippen LogP contribution >= 0.6 is 0 Å². The van der Waals surface area contributed by atoms with E-state index in [1.165, 1.54) is 6.20 Å². The van der Waals surface area contributed by atoms with Crippen LogP contribution in [0.25, 0.3) is 0 Å². The molecule has 0 fully saturated rings. The van der Waals surface area contributed by atoms with Crippen molar-refractivity contribution in [2.24, 2.45) is 0 Å². The Hall–Kier alpha value is -3.22. The Morgan fingerprint density at radius 2 is 2.04 bits per heavy atom. The number of rotatable bonds is 6. The number of para-hydroxylation sites is 1. The molecule has 0 radical (unpaired) electrons. The first-order valence-electron chi connectivity index (χ1n) is 8.33. The number of nitrogens with one attached hydrogen (secondary N) is 1. The van der Waals surface area contributed by atoms with Crippen molar-refractivity contribution in [3.8, 4) is 5.75 Å². The van der Waals surface area contributed by atoms with Gasteiger partial charge >= 0.3 is 0 Å². The van der Waals surface area contributed by atoms with Crippen molar-refractivity contribution in [1.82, 2.24) is 15.1 Å². The SMILES string of the molecule is COc1ccccc1C(NC(=O)c1cnn(C(C)C)c1N)c1ccco1. The molecule has 136 valence electrons. The fourth-order valence-corrected chi connectivity index (χ4v) is 2.83. The molecule has 0 bridgehead atoms. The molecule has 1 aromatic carbocycles. The second kappa shape index (κ2) is 7.35. The Morgan fingerprint density at radius 3 is 2.65 bits per heavy atom. The predicted molar refractivity (Wildman–Crippen MR) is 98.0 cm³/mol. The van der Waals surface area contributed by atoms with Crippen LogP contribution in [0.5, 0.6) is 5.75 Å². The molecule has 0 saturated heterocycles. The Labute approximate surface area is 151 Å². The lowest BCUT2D eigenvalue weighted by molar-refractivity contribution is 0.0939. The number of carbonyl (C=O) groups is 1. The molecule has 1 amide bonds. The van der Waals surface area contributed by atoms with E-state index in [0.29, 0.717) is 22.9 Å². The molecular weight excluding hydrogens is 332 g/mol. The minimum absolute atomic E-state index is 0.0617.